The SMILES string of the molecule is C.CS(=O)(=O)[O-].[Li+]. The molecule has 0 aliphatic rings. The van der Waals surface area contributed by atoms with E-state index in [0.717, 1.165) is 0 Å². The van der Waals surface area contributed by atoms with E-state index in [0.29, 0.717) is 6.26 Å². The number of hydrogen-bond acceptors (Lipinski definition) is 3. The maximum absolute atomic E-state index is 9.08. The molecule has 3 nitrogen and oxygen atoms in total. The van der Waals surface area contributed by atoms with Gasteiger partial charge in [-0.15, -0.1) is 0 Å². The van der Waals surface area contributed by atoms with Crippen LogP contribution in [-0.4, -0.2) is 19.2 Å². The second kappa shape index (κ2) is 4.66. The van der Waals surface area contributed by atoms with E-state index in [-0.39, 0.29) is 26.3 Å². The zero-order valence-electron chi connectivity index (χ0n) is 3.63. The maximum atomic E-state index is 9.08. The molecule has 0 amide bonds. The van der Waals surface area contributed by atoms with Gasteiger partial charge in [0.05, 0.1) is 10.1 Å². The molecule has 0 unspecified atom stereocenters. The van der Waals surface area contributed by atoms with E-state index in [9.17, 15) is 0 Å². The van der Waals surface area contributed by atoms with Gasteiger partial charge in [0.2, 0.25) is 0 Å². The van der Waals surface area contributed by atoms with Gasteiger partial charge in [0.15, 0.2) is 0 Å². The predicted octanol–water partition coefficient (Wildman–Crippen LogP) is -3.20. The second-order valence-corrected chi connectivity index (χ2v) is 2.11. The fraction of sp³-hybridized carbons (Fsp3) is 1.00. The minimum absolute atomic E-state index is 0. The Labute approximate surface area is 56.0 Å². The van der Waals surface area contributed by atoms with Crippen molar-refractivity contribution in [2.24, 2.45) is 0 Å². The summed E-state index contributed by atoms with van der Waals surface area (Å²) in [4.78, 5) is 0. The Morgan fingerprint density at radius 2 is 1.43 bits per heavy atom. The molecule has 0 N–H and O–H groups in total. The van der Waals surface area contributed by atoms with Crippen molar-refractivity contribution in [1.29, 1.82) is 0 Å². The molecule has 0 aliphatic carbocycles. The van der Waals surface area contributed by atoms with E-state index in [2.05, 4.69) is 0 Å². The zero-order valence-corrected chi connectivity index (χ0v) is 4.45. The van der Waals surface area contributed by atoms with Crippen LogP contribution in [0.2, 0.25) is 0 Å². The topological polar surface area (TPSA) is 57.2 Å². The van der Waals surface area contributed by atoms with Gasteiger partial charge in [-0.1, -0.05) is 7.43 Å². The summed E-state index contributed by atoms with van der Waals surface area (Å²) in [5, 5.41) is 0. The third-order valence-corrected chi connectivity index (χ3v) is 0. The smallest absolute Gasteiger partial charge is 0.748 e. The molecular formula is C2H7LiO3S. The fourth-order valence-electron chi connectivity index (χ4n) is 0. The Hall–Kier alpha value is 0.507. The van der Waals surface area contributed by atoms with Gasteiger partial charge in [-0.05, 0) is 0 Å². The molecule has 0 saturated carbocycles. The van der Waals surface area contributed by atoms with E-state index in [1.54, 1.807) is 0 Å². The molecule has 0 aromatic carbocycles. The van der Waals surface area contributed by atoms with E-state index in [1.807, 2.05) is 0 Å². The summed E-state index contributed by atoms with van der Waals surface area (Å²) in [5.41, 5.74) is 0. The fourth-order valence-corrected chi connectivity index (χ4v) is 0. The minimum atomic E-state index is -3.92. The first-order chi connectivity index (χ1) is 2.00. The maximum Gasteiger partial charge on any atom is 1.00 e. The van der Waals surface area contributed by atoms with Crippen molar-refractivity contribution < 1.29 is 31.8 Å². The van der Waals surface area contributed by atoms with Gasteiger partial charge in [0.25, 0.3) is 0 Å². The molecule has 0 heterocycles. The molecule has 0 fully saturated rings. The molecule has 7 heavy (non-hydrogen) atoms. The molecule has 0 spiro atoms. The molecule has 0 atom stereocenters. The van der Waals surface area contributed by atoms with Gasteiger partial charge in [0, 0.05) is 6.26 Å². The predicted molar refractivity (Wildman–Crippen MR) is 22.4 cm³/mol. The molecule has 0 rings (SSSR count). The normalized spacial score (nSPS) is 8.29. The molecule has 0 radical (unpaired) electrons. The van der Waals surface area contributed by atoms with Crippen LogP contribution in [0.4, 0.5) is 0 Å². The molecule has 5 heteroatoms. The summed E-state index contributed by atoms with van der Waals surface area (Å²) < 4.78 is 27.2. The van der Waals surface area contributed by atoms with E-state index >= 15 is 0 Å². The summed E-state index contributed by atoms with van der Waals surface area (Å²) in [6.45, 7) is 0. The summed E-state index contributed by atoms with van der Waals surface area (Å²) >= 11 is 0. The Bertz CT molecular complexity index is 96.1. The molecular weight excluding hydrogens is 111 g/mol. The number of rotatable bonds is 0. The minimum Gasteiger partial charge on any atom is -0.748 e. The van der Waals surface area contributed by atoms with Crippen LogP contribution in [0.15, 0.2) is 0 Å². The average molecular weight is 118 g/mol. The van der Waals surface area contributed by atoms with Crippen LogP contribution >= 0.6 is 0 Å². The van der Waals surface area contributed by atoms with Gasteiger partial charge < -0.3 is 4.55 Å². The van der Waals surface area contributed by atoms with Gasteiger partial charge in [-0.25, -0.2) is 8.42 Å². The van der Waals surface area contributed by atoms with Crippen LogP contribution in [-0.2, 0) is 10.1 Å². The first-order valence-corrected chi connectivity index (χ1v) is 2.72. The van der Waals surface area contributed by atoms with Crippen LogP contribution in [0.25, 0.3) is 0 Å². The van der Waals surface area contributed by atoms with Crippen molar-refractivity contribution in [2.75, 3.05) is 6.26 Å². The Morgan fingerprint density at radius 3 is 1.43 bits per heavy atom. The molecule has 0 bridgehead atoms. The van der Waals surface area contributed by atoms with E-state index in [1.165, 1.54) is 0 Å². The quantitative estimate of drug-likeness (QED) is 0.248. The first-order valence-electron chi connectivity index (χ1n) is 0.908. The van der Waals surface area contributed by atoms with Crippen LogP contribution in [0, 0.1) is 0 Å². The van der Waals surface area contributed by atoms with Crippen molar-refractivity contribution in [1.82, 2.24) is 0 Å². The molecule has 0 saturated heterocycles. The van der Waals surface area contributed by atoms with E-state index in [4.69, 9.17) is 13.0 Å². The summed E-state index contributed by atoms with van der Waals surface area (Å²) in [6, 6.07) is 0. The molecule has 0 aliphatic heterocycles. The van der Waals surface area contributed by atoms with Crippen LogP contribution < -0.4 is 18.9 Å². The molecule has 0 aromatic heterocycles. The third kappa shape index (κ3) is 514. The zero-order chi connectivity index (χ0) is 4.50. The third-order valence-electron chi connectivity index (χ3n) is 0. The Kier molecular flexibility index (Phi) is 10.4. The summed E-state index contributed by atoms with van der Waals surface area (Å²) in [6.07, 6.45) is 0.604. The van der Waals surface area contributed by atoms with Crippen LogP contribution in [0.3, 0.4) is 0 Å². The van der Waals surface area contributed by atoms with Crippen molar-refractivity contribution in [3.05, 3.63) is 0 Å². The molecule has 0 aromatic rings. The van der Waals surface area contributed by atoms with Crippen molar-refractivity contribution in [3.8, 4) is 0 Å². The molecule has 40 valence electrons. The van der Waals surface area contributed by atoms with E-state index < -0.39 is 10.1 Å². The second-order valence-electron chi connectivity index (χ2n) is 0.704. The monoisotopic (exact) mass is 118 g/mol. The Balaban J connectivity index is -0.0000000800. The van der Waals surface area contributed by atoms with Crippen molar-refractivity contribution >= 4 is 10.1 Å². The van der Waals surface area contributed by atoms with Gasteiger partial charge in [0.1, 0.15) is 0 Å². The standard InChI is InChI=1S/CH4O3S.CH4.Li/c1-5(2,3)4;;/h1H3,(H,2,3,4);1H4;/q;;+1/p-1. The van der Waals surface area contributed by atoms with Gasteiger partial charge >= 0.3 is 18.9 Å². The van der Waals surface area contributed by atoms with Crippen molar-refractivity contribution in [2.45, 2.75) is 7.43 Å². The first kappa shape index (κ1) is 15.6. The van der Waals surface area contributed by atoms with Crippen LogP contribution in [0.1, 0.15) is 7.43 Å². The summed E-state index contributed by atoms with van der Waals surface area (Å²) in [5.74, 6) is 0. The number of hydrogen-bond donors (Lipinski definition) is 0. The van der Waals surface area contributed by atoms with Crippen LogP contribution in [0.5, 0.6) is 0 Å². The Morgan fingerprint density at radius 1 is 1.43 bits per heavy atom. The van der Waals surface area contributed by atoms with Crippen molar-refractivity contribution in [3.63, 3.8) is 0 Å². The van der Waals surface area contributed by atoms with Gasteiger partial charge in [-0.3, -0.25) is 0 Å². The average Bonchev–Trinajstić information content (AvgIpc) is 0.722. The largest absolute Gasteiger partial charge is 1.00 e. The van der Waals surface area contributed by atoms with Gasteiger partial charge in [-0.2, -0.15) is 0 Å². The summed E-state index contributed by atoms with van der Waals surface area (Å²) in [7, 11) is -3.92.